The molecule has 0 atom stereocenters. The molecule has 0 spiro atoms. The Hall–Kier alpha value is -4.85. The molecular weight excluding hydrogens is 540 g/mol. The van der Waals surface area contributed by atoms with Crippen molar-refractivity contribution in [1.82, 2.24) is 20.0 Å². The summed E-state index contributed by atoms with van der Waals surface area (Å²) < 4.78 is 5.94. The van der Waals surface area contributed by atoms with Gasteiger partial charge in [0.25, 0.3) is 0 Å². The first kappa shape index (κ1) is 29.6. The lowest BCUT2D eigenvalue weighted by molar-refractivity contribution is -0.126. The van der Waals surface area contributed by atoms with Crippen LogP contribution < -0.4 is 4.74 Å². The summed E-state index contributed by atoms with van der Waals surface area (Å²) in [6.07, 6.45) is 7.93. The summed E-state index contributed by atoms with van der Waals surface area (Å²) in [5.74, 6) is 0.602. The molecule has 0 unspecified atom stereocenters. The van der Waals surface area contributed by atoms with Crippen molar-refractivity contribution in [2.24, 2.45) is 0 Å². The molecule has 0 saturated carbocycles. The van der Waals surface area contributed by atoms with Gasteiger partial charge in [-0.1, -0.05) is 61.5 Å². The first-order valence-electron chi connectivity index (χ1n) is 14.9. The van der Waals surface area contributed by atoms with Crippen LogP contribution in [-0.2, 0) is 4.79 Å². The number of likely N-dealkylation sites (tertiary alicyclic amines) is 1. The average Bonchev–Trinajstić information content (AvgIpc) is 3.52. The number of aromatic amines is 1. The molecule has 4 aromatic rings. The molecule has 2 N–H and O–H groups in total. The van der Waals surface area contributed by atoms with E-state index >= 15 is 0 Å². The Balaban J connectivity index is 1.28. The molecule has 3 aromatic carbocycles. The Morgan fingerprint density at radius 3 is 2.44 bits per heavy atom. The second-order valence-corrected chi connectivity index (χ2v) is 10.6. The molecule has 0 radical (unpaired) electrons. The standard InChI is InChI=1S/C35H38N4O4/c1-2-31(26-10-5-3-6-11-26)34(28-15-18-32-29(24-28)25-36-37-32)27-13-16-30(17-14-27)43-23-22-39(35(41)42)21-9-12-33(40)38-19-7-4-8-20-38/h3,5-6,9-18,24-25H,2,4,7-8,19-23H2,1H3,(H,36,37)(H,41,42)/b12-9+,34-31?. The van der Waals surface area contributed by atoms with Gasteiger partial charge >= 0.3 is 6.09 Å². The largest absolute Gasteiger partial charge is 0.492 e. The predicted octanol–water partition coefficient (Wildman–Crippen LogP) is 6.86. The number of ether oxygens (including phenoxy) is 1. The van der Waals surface area contributed by atoms with Crippen molar-refractivity contribution in [2.75, 3.05) is 32.8 Å². The van der Waals surface area contributed by atoms with E-state index in [9.17, 15) is 14.7 Å². The molecule has 1 fully saturated rings. The molecule has 8 nitrogen and oxygen atoms in total. The zero-order valence-electron chi connectivity index (χ0n) is 24.5. The number of nitrogens with zero attached hydrogens (tertiary/aromatic N) is 3. The highest BCUT2D eigenvalue weighted by Crippen LogP contribution is 2.36. The van der Waals surface area contributed by atoms with E-state index in [1.165, 1.54) is 22.1 Å². The molecule has 1 aromatic heterocycles. The van der Waals surface area contributed by atoms with E-state index < -0.39 is 6.09 Å². The number of allylic oxidation sites excluding steroid dienone is 1. The van der Waals surface area contributed by atoms with E-state index in [1.54, 1.807) is 6.08 Å². The summed E-state index contributed by atoms with van der Waals surface area (Å²) in [4.78, 5) is 27.2. The Morgan fingerprint density at radius 1 is 0.977 bits per heavy atom. The SMILES string of the molecule is CCC(=C(c1ccc(OCCN(C/C=C/C(=O)N2CCCCC2)C(=O)O)cc1)c1ccc2[nH]ncc2c1)c1ccccc1. The first-order valence-corrected chi connectivity index (χ1v) is 14.9. The van der Waals surface area contributed by atoms with Crippen molar-refractivity contribution in [1.29, 1.82) is 0 Å². The highest BCUT2D eigenvalue weighted by atomic mass is 16.5. The fraction of sp³-hybridized carbons (Fsp3) is 0.286. The lowest BCUT2D eigenvalue weighted by atomic mass is 9.88. The average molecular weight is 579 g/mol. The fourth-order valence-corrected chi connectivity index (χ4v) is 5.53. The van der Waals surface area contributed by atoms with Crippen molar-refractivity contribution in [3.8, 4) is 5.75 Å². The number of hydrogen-bond donors (Lipinski definition) is 2. The normalized spacial score (nSPS) is 14.1. The van der Waals surface area contributed by atoms with Crippen LogP contribution in [0.2, 0.25) is 0 Å². The lowest BCUT2D eigenvalue weighted by Crippen LogP contribution is -2.35. The van der Waals surface area contributed by atoms with Crippen LogP contribution in [0.15, 0.2) is 91.1 Å². The highest BCUT2D eigenvalue weighted by Gasteiger charge is 2.16. The number of fused-ring (bicyclic) bond motifs is 1. The van der Waals surface area contributed by atoms with E-state index in [0.717, 1.165) is 66.4 Å². The number of rotatable bonds is 11. The van der Waals surface area contributed by atoms with Crippen molar-refractivity contribution < 1.29 is 19.4 Å². The maximum absolute atomic E-state index is 12.3. The number of hydrogen-bond acceptors (Lipinski definition) is 4. The molecule has 2 amide bonds. The van der Waals surface area contributed by atoms with Gasteiger partial charge in [-0.2, -0.15) is 5.10 Å². The van der Waals surface area contributed by atoms with Gasteiger partial charge in [0.1, 0.15) is 12.4 Å². The van der Waals surface area contributed by atoms with Crippen LogP contribution in [0.25, 0.3) is 22.0 Å². The van der Waals surface area contributed by atoms with Gasteiger partial charge in [-0.25, -0.2) is 4.79 Å². The molecule has 8 heteroatoms. The van der Waals surface area contributed by atoms with Crippen LogP contribution >= 0.6 is 0 Å². The summed E-state index contributed by atoms with van der Waals surface area (Å²) in [6.45, 7) is 4.21. The number of carbonyl (C=O) groups excluding carboxylic acids is 1. The molecule has 0 aliphatic carbocycles. The minimum atomic E-state index is -1.05. The summed E-state index contributed by atoms with van der Waals surface area (Å²) in [5, 5.41) is 17.9. The fourth-order valence-electron chi connectivity index (χ4n) is 5.53. The van der Waals surface area contributed by atoms with E-state index in [0.29, 0.717) is 5.75 Å². The third-order valence-electron chi connectivity index (χ3n) is 7.80. The number of piperidine rings is 1. The molecular formula is C35H38N4O4. The minimum Gasteiger partial charge on any atom is -0.492 e. The zero-order valence-corrected chi connectivity index (χ0v) is 24.5. The topological polar surface area (TPSA) is 98.8 Å². The Bertz CT molecular complexity index is 1590. The Kier molecular flexibility index (Phi) is 9.90. The molecule has 2 heterocycles. The second-order valence-electron chi connectivity index (χ2n) is 10.6. The van der Waals surface area contributed by atoms with E-state index in [1.807, 2.05) is 41.4 Å². The van der Waals surface area contributed by atoms with Crippen LogP contribution in [0.4, 0.5) is 4.79 Å². The van der Waals surface area contributed by atoms with E-state index in [4.69, 9.17) is 4.74 Å². The molecule has 1 aliphatic heterocycles. The van der Waals surface area contributed by atoms with Crippen LogP contribution in [0.3, 0.4) is 0 Å². The third-order valence-corrected chi connectivity index (χ3v) is 7.80. The summed E-state index contributed by atoms with van der Waals surface area (Å²) in [5.41, 5.74) is 6.71. The maximum atomic E-state index is 12.3. The molecule has 1 saturated heterocycles. The summed E-state index contributed by atoms with van der Waals surface area (Å²) in [7, 11) is 0. The number of amides is 2. The van der Waals surface area contributed by atoms with Gasteiger partial charge in [0.15, 0.2) is 0 Å². The molecule has 1 aliphatic rings. The summed E-state index contributed by atoms with van der Waals surface area (Å²) in [6, 6.07) is 24.7. The quantitative estimate of drug-likeness (QED) is 0.150. The van der Waals surface area contributed by atoms with Gasteiger partial charge in [0, 0.05) is 31.1 Å². The minimum absolute atomic E-state index is 0.0574. The van der Waals surface area contributed by atoms with Crippen molar-refractivity contribution in [3.05, 3.63) is 108 Å². The van der Waals surface area contributed by atoms with Crippen LogP contribution in [0.1, 0.15) is 49.3 Å². The van der Waals surface area contributed by atoms with Gasteiger partial charge in [0.2, 0.25) is 5.91 Å². The number of H-pyrrole nitrogens is 1. The second kappa shape index (κ2) is 14.4. The van der Waals surface area contributed by atoms with E-state index in [2.05, 4.69) is 59.6 Å². The number of carboxylic acid groups (broad SMARTS) is 1. The Morgan fingerprint density at radius 2 is 1.72 bits per heavy atom. The number of carbonyl (C=O) groups is 2. The first-order chi connectivity index (χ1) is 21.0. The van der Waals surface area contributed by atoms with Crippen LogP contribution in [0, 0.1) is 0 Å². The van der Waals surface area contributed by atoms with Crippen LogP contribution in [-0.4, -0.2) is 69.9 Å². The maximum Gasteiger partial charge on any atom is 0.407 e. The Labute approximate surface area is 252 Å². The van der Waals surface area contributed by atoms with E-state index in [-0.39, 0.29) is 25.6 Å². The van der Waals surface area contributed by atoms with Crippen molar-refractivity contribution >= 4 is 34.0 Å². The van der Waals surface area contributed by atoms with Crippen molar-refractivity contribution in [3.63, 3.8) is 0 Å². The van der Waals surface area contributed by atoms with Gasteiger partial charge in [-0.3, -0.25) is 9.89 Å². The molecule has 5 rings (SSSR count). The van der Waals surface area contributed by atoms with Crippen molar-refractivity contribution in [2.45, 2.75) is 32.6 Å². The molecule has 43 heavy (non-hydrogen) atoms. The molecule has 0 bridgehead atoms. The van der Waals surface area contributed by atoms with Gasteiger partial charge < -0.3 is 19.6 Å². The number of nitrogens with one attached hydrogen (secondary N) is 1. The third kappa shape index (κ3) is 7.52. The monoisotopic (exact) mass is 578 g/mol. The van der Waals surface area contributed by atoms with Gasteiger partial charge in [0.05, 0.1) is 18.3 Å². The number of aromatic nitrogens is 2. The summed E-state index contributed by atoms with van der Waals surface area (Å²) >= 11 is 0. The van der Waals surface area contributed by atoms with Crippen LogP contribution in [0.5, 0.6) is 5.75 Å². The smallest absolute Gasteiger partial charge is 0.407 e. The highest BCUT2D eigenvalue weighted by molar-refractivity contribution is 6.00. The molecule has 222 valence electrons. The lowest BCUT2D eigenvalue weighted by Gasteiger charge is -2.25. The predicted molar refractivity (Wildman–Crippen MR) is 170 cm³/mol. The zero-order chi connectivity index (χ0) is 30.0. The number of benzene rings is 3. The van der Waals surface area contributed by atoms with Gasteiger partial charge in [-0.15, -0.1) is 0 Å². The van der Waals surface area contributed by atoms with Gasteiger partial charge in [-0.05, 0) is 77.8 Å².